The Bertz CT molecular complexity index is 321. The summed E-state index contributed by atoms with van der Waals surface area (Å²) in [5, 5.41) is 0. The standard InChI is InChI=1S/C11H14F3NO/c1-2-9(15)7-8-3-5-10(6-4-8)16-11(12,13)14/h3-6,9H,2,7,15H2,1H3. The van der Waals surface area contributed by atoms with Gasteiger partial charge < -0.3 is 10.5 Å². The number of benzene rings is 1. The summed E-state index contributed by atoms with van der Waals surface area (Å²) < 4.78 is 39.3. The molecular weight excluding hydrogens is 219 g/mol. The average molecular weight is 233 g/mol. The molecule has 0 fully saturated rings. The Hall–Kier alpha value is -1.23. The third-order valence-corrected chi connectivity index (χ3v) is 2.18. The number of hydrogen-bond donors (Lipinski definition) is 1. The number of ether oxygens (including phenoxy) is 1. The molecule has 2 N–H and O–H groups in total. The number of hydrogen-bond acceptors (Lipinski definition) is 2. The van der Waals surface area contributed by atoms with Gasteiger partial charge in [-0.15, -0.1) is 13.2 Å². The Morgan fingerprint density at radius 2 is 1.81 bits per heavy atom. The van der Waals surface area contributed by atoms with E-state index in [4.69, 9.17) is 5.73 Å². The quantitative estimate of drug-likeness (QED) is 0.867. The molecule has 0 aliphatic carbocycles. The van der Waals surface area contributed by atoms with E-state index in [1.165, 1.54) is 12.1 Å². The van der Waals surface area contributed by atoms with Gasteiger partial charge in [-0.25, -0.2) is 0 Å². The monoisotopic (exact) mass is 233 g/mol. The van der Waals surface area contributed by atoms with Crippen molar-refractivity contribution in [2.75, 3.05) is 0 Å². The molecule has 2 nitrogen and oxygen atoms in total. The van der Waals surface area contributed by atoms with Crippen LogP contribution in [0.15, 0.2) is 24.3 Å². The Morgan fingerprint density at radius 3 is 2.25 bits per heavy atom. The van der Waals surface area contributed by atoms with Crippen LogP contribution in [0.1, 0.15) is 18.9 Å². The van der Waals surface area contributed by atoms with Crippen LogP contribution in [0.3, 0.4) is 0 Å². The molecule has 0 aromatic heterocycles. The van der Waals surface area contributed by atoms with E-state index in [-0.39, 0.29) is 11.8 Å². The molecule has 0 aliphatic heterocycles. The van der Waals surface area contributed by atoms with Crippen LogP contribution in [0, 0.1) is 0 Å². The second kappa shape index (κ2) is 5.21. The molecular formula is C11H14F3NO. The summed E-state index contributed by atoms with van der Waals surface area (Å²) in [6.07, 6.45) is -3.15. The van der Waals surface area contributed by atoms with Crippen molar-refractivity contribution < 1.29 is 17.9 Å². The van der Waals surface area contributed by atoms with E-state index >= 15 is 0 Å². The molecule has 0 saturated carbocycles. The van der Waals surface area contributed by atoms with Crippen molar-refractivity contribution >= 4 is 0 Å². The fourth-order valence-corrected chi connectivity index (χ4v) is 1.27. The van der Waals surface area contributed by atoms with Gasteiger partial charge in [0.05, 0.1) is 0 Å². The molecule has 1 rings (SSSR count). The van der Waals surface area contributed by atoms with Crippen LogP contribution >= 0.6 is 0 Å². The van der Waals surface area contributed by atoms with E-state index in [0.717, 1.165) is 12.0 Å². The predicted molar refractivity (Wildman–Crippen MR) is 55.1 cm³/mol. The molecule has 1 unspecified atom stereocenters. The molecule has 0 heterocycles. The molecule has 0 spiro atoms. The van der Waals surface area contributed by atoms with Crippen LogP contribution in [0.2, 0.25) is 0 Å². The van der Waals surface area contributed by atoms with Crippen LogP contribution in [-0.4, -0.2) is 12.4 Å². The highest BCUT2D eigenvalue weighted by molar-refractivity contribution is 5.27. The molecule has 0 aliphatic rings. The summed E-state index contributed by atoms with van der Waals surface area (Å²) in [5.41, 5.74) is 6.64. The van der Waals surface area contributed by atoms with Crippen LogP contribution in [-0.2, 0) is 6.42 Å². The molecule has 0 amide bonds. The SMILES string of the molecule is CCC(N)Cc1ccc(OC(F)(F)F)cc1. The van der Waals surface area contributed by atoms with E-state index in [0.29, 0.717) is 6.42 Å². The molecule has 0 radical (unpaired) electrons. The second-order valence-electron chi connectivity index (χ2n) is 3.56. The van der Waals surface area contributed by atoms with Gasteiger partial charge in [-0.1, -0.05) is 19.1 Å². The minimum Gasteiger partial charge on any atom is -0.406 e. The minimum atomic E-state index is -4.64. The number of nitrogens with two attached hydrogens (primary N) is 1. The van der Waals surface area contributed by atoms with Crippen LogP contribution in [0.4, 0.5) is 13.2 Å². The van der Waals surface area contributed by atoms with Gasteiger partial charge >= 0.3 is 6.36 Å². The second-order valence-corrected chi connectivity index (χ2v) is 3.56. The fourth-order valence-electron chi connectivity index (χ4n) is 1.27. The van der Waals surface area contributed by atoms with Gasteiger partial charge in [-0.2, -0.15) is 0 Å². The summed E-state index contributed by atoms with van der Waals surface area (Å²) in [4.78, 5) is 0. The van der Waals surface area contributed by atoms with E-state index in [9.17, 15) is 13.2 Å². The van der Waals surface area contributed by atoms with Crippen LogP contribution in [0.5, 0.6) is 5.75 Å². The molecule has 90 valence electrons. The maximum Gasteiger partial charge on any atom is 0.573 e. The van der Waals surface area contributed by atoms with Crippen LogP contribution < -0.4 is 10.5 Å². The summed E-state index contributed by atoms with van der Waals surface area (Å²) in [6, 6.07) is 5.82. The third kappa shape index (κ3) is 4.53. The molecule has 0 bridgehead atoms. The van der Waals surface area contributed by atoms with Gasteiger partial charge in [0.2, 0.25) is 0 Å². The molecule has 1 aromatic carbocycles. The summed E-state index contributed by atoms with van der Waals surface area (Å²) in [5.74, 6) is -0.207. The van der Waals surface area contributed by atoms with Crippen molar-refractivity contribution in [3.05, 3.63) is 29.8 Å². The minimum absolute atomic E-state index is 0.0365. The van der Waals surface area contributed by atoms with Gasteiger partial charge in [0.1, 0.15) is 5.75 Å². The Balaban J connectivity index is 2.61. The van der Waals surface area contributed by atoms with Gasteiger partial charge in [-0.05, 0) is 30.5 Å². The Kier molecular flexibility index (Phi) is 4.18. The summed E-state index contributed by atoms with van der Waals surface area (Å²) in [7, 11) is 0. The highest BCUT2D eigenvalue weighted by Gasteiger charge is 2.30. The molecule has 16 heavy (non-hydrogen) atoms. The number of alkyl halides is 3. The first-order valence-corrected chi connectivity index (χ1v) is 5.01. The van der Waals surface area contributed by atoms with Crippen molar-refractivity contribution in [3.8, 4) is 5.75 Å². The lowest BCUT2D eigenvalue weighted by Crippen LogP contribution is -2.21. The van der Waals surface area contributed by atoms with E-state index in [1.807, 2.05) is 6.92 Å². The first-order valence-electron chi connectivity index (χ1n) is 5.01. The Morgan fingerprint density at radius 1 is 1.25 bits per heavy atom. The largest absolute Gasteiger partial charge is 0.573 e. The van der Waals surface area contributed by atoms with Gasteiger partial charge in [0, 0.05) is 6.04 Å². The zero-order valence-corrected chi connectivity index (χ0v) is 8.92. The van der Waals surface area contributed by atoms with E-state index < -0.39 is 6.36 Å². The van der Waals surface area contributed by atoms with Crippen molar-refractivity contribution in [2.45, 2.75) is 32.2 Å². The number of rotatable bonds is 4. The lowest BCUT2D eigenvalue weighted by Gasteiger charge is -2.11. The van der Waals surface area contributed by atoms with Gasteiger partial charge in [0.25, 0.3) is 0 Å². The lowest BCUT2D eigenvalue weighted by atomic mass is 10.1. The zero-order valence-electron chi connectivity index (χ0n) is 8.92. The van der Waals surface area contributed by atoms with Crippen LogP contribution in [0.25, 0.3) is 0 Å². The zero-order chi connectivity index (χ0) is 12.2. The maximum atomic E-state index is 11.9. The van der Waals surface area contributed by atoms with Crippen molar-refractivity contribution in [1.82, 2.24) is 0 Å². The van der Waals surface area contributed by atoms with Crippen molar-refractivity contribution in [3.63, 3.8) is 0 Å². The number of halogens is 3. The fraction of sp³-hybridized carbons (Fsp3) is 0.455. The normalized spacial score (nSPS) is 13.6. The lowest BCUT2D eigenvalue weighted by molar-refractivity contribution is -0.274. The van der Waals surface area contributed by atoms with Gasteiger partial charge in [-0.3, -0.25) is 0 Å². The van der Waals surface area contributed by atoms with Crippen molar-refractivity contribution in [1.29, 1.82) is 0 Å². The third-order valence-electron chi connectivity index (χ3n) is 2.18. The highest BCUT2D eigenvalue weighted by Crippen LogP contribution is 2.22. The molecule has 1 aromatic rings. The first kappa shape index (κ1) is 12.8. The maximum absolute atomic E-state index is 11.9. The molecule has 5 heteroatoms. The smallest absolute Gasteiger partial charge is 0.406 e. The van der Waals surface area contributed by atoms with Crippen molar-refractivity contribution in [2.24, 2.45) is 5.73 Å². The Labute approximate surface area is 92.2 Å². The molecule has 1 atom stereocenters. The first-order chi connectivity index (χ1) is 7.40. The topological polar surface area (TPSA) is 35.2 Å². The van der Waals surface area contributed by atoms with E-state index in [1.54, 1.807) is 12.1 Å². The summed E-state index contributed by atoms with van der Waals surface area (Å²) >= 11 is 0. The summed E-state index contributed by atoms with van der Waals surface area (Å²) in [6.45, 7) is 1.96. The van der Waals surface area contributed by atoms with Gasteiger partial charge in [0.15, 0.2) is 0 Å². The average Bonchev–Trinajstić information content (AvgIpc) is 2.18. The highest BCUT2D eigenvalue weighted by atomic mass is 19.4. The van der Waals surface area contributed by atoms with E-state index in [2.05, 4.69) is 4.74 Å². The predicted octanol–water partition coefficient (Wildman–Crippen LogP) is 2.87. The molecule has 0 saturated heterocycles.